The van der Waals surface area contributed by atoms with E-state index in [1.807, 2.05) is 0 Å². The number of ether oxygens (including phenoxy) is 3. The van der Waals surface area contributed by atoms with E-state index in [0.717, 1.165) is 0 Å². The molecule has 0 saturated heterocycles. The third-order valence-corrected chi connectivity index (χ3v) is 2.36. The van der Waals surface area contributed by atoms with Gasteiger partial charge in [0.05, 0.1) is 6.10 Å². The van der Waals surface area contributed by atoms with Crippen LogP contribution in [-0.2, 0) is 28.6 Å². The molecule has 0 aliphatic rings. The van der Waals surface area contributed by atoms with E-state index < -0.39 is 43.3 Å². The first kappa shape index (κ1) is 19.7. The van der Waals surface area contributed by atoms with Crippen molar-refractivity contribution in [2.75, 3.05) is 19.8 Å². The summed E-state index contributed by atoms with van der Waals surface area (Å²) in [5.41, 5.74) is 0.139. The summed E-state index contributed by atoms with van der Waals surface area (Å²) in [5, 5.41) is 11.8. The predicted molar refractivity (Wildman–Crippen MR) is 73.6 cm³/mol. The summed E-state index contributed by atoms with van der Waals surface area (Å²) in [7, 11) is 0. The Morgan fingerprint density at radius 2 is 1.50 bits per heavy atom. The number of rotatable bonds is 9. The van der Waals surface area contributed by atoms with Gasteiger partial charge in [-0.15, -0.1) is 0 Å². The summed E-state index contributed by atoms with van der Waals surface area (Å²) in [4.78, 5) is 44.1. The molecule has 0 saturated carbocycles. The van der Waals surface area contributed by atoms with Crippen LogP contribution in [0.25, 0.3) is 0 Å². The Kier molecular flexibility index (Phi) is 9.35. The predicted octanol–water partition coefficient (Wildman–Crippen LogP) is 0.0980. The Morgan fingerprint density at radius 3 is 1.91 bits per heavy atom. The number of aliphatic hydroxyl groups is 1. The fourth-order valence-corrected chi connectivity index (χ4v) is 0.984. The second-order valence-electron chi connectivity index (χ2n) is 4.40. The highest BCUT2D eigenvalue weighted by atomic mass is 16.6. The van der Waals surface area contributed by atoms with Crippen LogP contribution in [0.1, 0.15) is 20.3 Å². The molecule has 0 aliphatic heterocycles. The van der Waals surface area contributed by atoms with E-state index in [9.17, 15) is 24.4 Å². The molecule has 0 heterocycles. The molecule has 1 N–H and O–H groups in total. The molecule has 9 nitrogen and oxygen atoms in total. The van der Waals surface area contributed by atoms with Crippen molar-refractivity contribution in [2.45, 2.75) is 32.4 Å². The largest absolute Gasteiger partial charge is 0.460 e. The third kappa shape index (κ3) is 8.10. The Labute approximate surface area is 127 Å². The standard InChI is InChI=1S/C13H19NO8/c1-4-10(15)7-22-13(18)12(17)21-6-9(14-19)5-20-11(16)8(2)3/h9-10,15H,2,4-7H2,1,3H3. The van der Waals surface area contributed by atoms with Crippen LogP contribution in [0.3, 0.4) is 0 Å². The minimum atomic E-state index is -1.33. The topological polar surface area (TPSA) is 129 Å². The van der Waals surface area contributed by atoms with Crippen LogP contribution in [0.15, 0.2) is 17.3 Å². The summed E-state index contributed by atoms with van der Waals surface area (Å²) in [6.45, 7) is 5.15. The van der Waals surface area contributed by atoms with Crippen molar-refractivity contribution in [3.8, 4) is 0 Å². The molecular weight excluding hydrogens is 298 g/mol. The molecule has 0 aromatic rings. The number of nitrogens with zero attached hydrogens (tertiary/aromatic N) is 1. The van der Waals surface area contributed by atoms with Crippen molar-refractivity contribution in [2.24, 2.45) is 5.18 Å². The molecular formula is C13H19NO8. The van der Waals surface area contributed by atoms with E-state index in [-0.39, 0.29) is 12.2 Å². The summed E-state index contributed by atoms with van der Waals surface area (Å²) in [6, 6.07) is -1.15. The van der Waals surface area contributed by atoms with Crippen LogP contribution in [0, 0.1) is 4.91 Å². The average molecular weight is 317 g/mol. The third-order valence-electron chi connectivity index (χ3n) is 2.36. The van der Waals surface area contributed by atoms with Gasteiger partial charge in [-0.05, 0) is 13.3 Å². The second kappa shape index (κ2) is 10.4. The maximum Gasteiger partial charge on any atom is 0.417 e. The van der Waals surface area contributed by atoms with E-state index >= 15 is 0 Å². The lowest BCUT2D eigenvalue weighted by Crippen LogP contribution is -2.29. The first-order chi connectivity index (χ1) is 10.3. The zero-order valence-corrected chi connectivity index (χ0v) is 12.4. The van der Waals surface area contributed by atoms with E-state index in [2.05, 4.69) is 26.0 Å². The molecule has 22 heavy (non-hydrogen) atoms. The van der Waals surface area contributed by atoms with Crippen molar-refractivity contribution in [3.05, 3.63) is 17.1 Å². The summed E-state index contributed by atoms with van der Waals surface area (Å²) in [5.74, 6) is -3.34. The van der Waals surface area contributed by atoms with Crippen molar-refractivity contribution in [1.29, 1.82) is 0 Å². The summed E-state index contributed by atoms with van der Waals surface area (Å²) < 4.78 is 13.7. The van der Waals surface area contributed by atoms with Crippen LogP contribution in [0.2, 0.25) is 0 Å². The van der Waals surface area contributed by atoms with Crippen molar-refractivity contribution >= 4 is 17.9 Å². The lowest BCUT2D eigenvalue weighted by Gasteiger charge is -2.11. The number of aliphatic hydroxyl groups excluding tert-OH is 1. The van der Waals surface area contributed by atoms with Gasteiger partial charge >= 0.3 is 17.9 Å². The highest BCUT2D eigenvalue weighted by Crippen LogP contribution is 1.99. The maximum atomic E-state index is 11.3. The van der Waals surface area contributed by atoms with E-state index in [4.69, 9.17) is 0 Å². The molecule has 2 unspecified atom stereocenters. The summed E-state index contributed by atoms with van der Waals surface area (Å²) in [6.07, 6.45) is -0.518. The quantitative estimate of drug-likeness (QED) is 0.208. The first-order valence-corrected chi connectivity index (χ1v) is 6.48. The molecule has 2 atom stereocenters. The van der Waals surface area contributed by atoms with Crippen LogP contribution in [-0.4, -0.2) is 55.0 Å². The Hall–Kier alpha value is -2.29. The lowest BCUT2D eigenvalue weighted by molar-refractivity contribution is -0.169. The molecule has 124 valence electrons. The van der Waals surface area contributed by atoms with Gasteiger partial charge in [-0.1, -0.05) is 18.7 Å². The van der Waals surface area contributed by atoms with Crippen molar-refractivity contribution in [3.63, 3.8) is 0 Å². The van der Waals surface area contributed by atoms with Gasteiger partial charge in [0.1, 0.15) is 19.8 Å². The molecule has 9 heteroatoms. The normalized spacial score (nSPS) is 12.7. The molecule has 0 rings (SSSR count). The molecule has 0 aromatic carbocycles. The van der Waals surface area contributed by atoms with Gasteiger partial charge in [0.2, 0.25) is 0 Å². The fourth-order valence-electron chi connectivity index (χ4n) is 0.984. The van der Waals surface area contributed by atoms with Crippen LogP contribution >= 0.6 is 0 Å². The summed E-state index contributed by atoms with van der Waals surface area (Å²) >= 11 is 0. The highest BCUT2D eigenvalue weighted by molar-refractivity contribution is 6.29. The molecule has 0 spiro atoms. The van der Waals surface area contributed by atoms with Gasteiger partial charge in [0.25, 0.3) is 0 Å². The van der Waals surface area contributed by atoms with Crippen molar-refractivity contribution < 1.29 is 33.7 Å². The van der Waals surface area contributed by atoms with Gasteiger partial charge in [0.15, 0.2) is 6.04 Å². The van der Waals surface area contributed by atoms with Crippen LogP contribution in [0.5, 0.6) is 0 Å². The molecule has 0 aromatic heterocycles. The average Bonchev–Trinajstić information content (AvgIpc) is 2.51. The number of carbonyl (C=O) groups is 3. The minimum Gasteiger partial charge on any atom is -0.460 e. The Balaban J connectivity index is 4.13. The zero-order valence-electron chi connectivity index (χ0n) is 12.4. The maximum absolute atomic E-state index is 11.3. The van der Waals surface area contributed by atoms with Gasteiger partial charge in [-0.3, -0.25) is 0 Å². The number of hydrogen-bond acceptors (Lipinski definition) is 9. The van der Waals surface area contributed by atoms with E-state index in [1.54, 1.807) is 6.92 Å². The highest BCUT2D eigenvalue weighted by Gasteiger charge is 2.22. The second-order valence-corrected chi connectivity index (χ2v) is 4.40. The smallest absolute Gasteiger partial charge is 0.417 e. The minimum absolute atomic E-state index is 0.139. The van der Waals surface area contributed by atoms with E-state index in [0.29, 0.717) is 6.42 Å². The number of hydrogen-bond donors (Lipinski definition) is 1. The van der Waals surface area contributed by atoms with Gasteiger partial charge < -0.3 is 19.3 Å². The zero-order chi connectivity index (χ0) is 17.1. The molecule has 0 aliphatic carbocycles. The monoisotopic (exact) mass is 317 g/mol. The Morgan fingerprint density at radius 1 is 1.05 bits per heavy atom. The molecule has 0 fully saturated rings. The van der Waals surface area contributed by atoms with E-state index in [1.165, 1.54) is 6.92 Å². The van der Waals surface area contributed by atoms with Gasteiger partial charge in [0, 0.05) is 5.57 Å². The van der Waals surface area contributed by atoms with Gasteiger partial charge in [-0.25, -0.2) is 14.4 Å². The first-order valence-electron chi connectivity index (χ1n) is 6.48. The number of esters is 3. The van der Waals surface area contributed by atoms with Gasteiger partial charge in [-0.2, -0.15) is 4.91 Å². The molecule has 0 amide bonds. The van der Waals surface area contributed by atoms with Crippen LogP contribution in [0.4, 0.5) is 0 Å². The molecule has 0 radical (unpaired) electrons. The van der Waals surface area contributed by atoms with Crippen molar-refractivity contribution in [1.82, 2.24) is 0 Å². The Bertz CT molecular complexity index is 434. The SMILES string of the molecule is C=C(C)C(=O)OCC(COC(=O)C(=O)OCC(O)CC)N=O. The number of nitroso groups, excluding NO2 is 1. The lowest BCUT2D eigenvalue weighted by atomic mass is 10.3. The molecule has 0 bridgehead atoms. The number of carbonyl (C=O) groups excluding carboxylic acids is 3. The fraction of sp³-hybridized carbons (Fsp3) is 0.615. The van der Waals surface area contributed by atoms with Crippen LogP contribution < -0.4 is 0 Å².